The lowest BCUT2D eigenvalue weighted by Gasteiger charge is -2.16. The Kier molecular flexibility index (Phi) is 5.95. The van der Waals surface area contributed by atoms with Gasteiger partial charge in [-0.25, -0.2) is 0 Å². The minimum Gasteiger partial charge on any atom is -0.491 e. The van der Waals surface area contributed by atoms with Gasteiger partial charge >= 0.3 is 0 Å². The first kappa shape index (κ1) is 16.7. The third-order valence-electron chi connectivity index (χ3n) is 2.82. The Labute approximate surface area is 124 Å². The average molecular weight is 295 g/mol. The normalized spacial score (nSPS) is 10.3. The molecule has 0 unspecified atom stereocenters. The molecule has 1 aromatic rings. The monoisotopic (exact) mass is 295 g/mol. The summed E-state index contributed by atoms with van der Waals surface area (Å²) in [7, 11) is 1.70. The van der Waals surface area contributed by atoms with Gasteiger partial charge in [0.15, 0.2) is 0 Å². The van der Waals surface area contributed by atoms with Crippen LogP contribution < -0.4 is 10.1 Å². The highest BCUT2D eigenvalue weighted by atomic mass is 16.6. The van der Waals surface area contributed by atoms with E-state index < -0.39 is 4.92 Å². The maximum Gasteiger partial charge on any atom is 0.275 e. The SMILES string of the molecule is CCN(C)C(=O)CNc1cc(OC(C)C)cc([N+](=O)[O-])c1. The number of nitrogens with one attached hydrogen (secondary N) is 1. The minimum atomic E-state index is -0.488. The van der Waals surface area contributed by atoms with Crippen molar-refractivity contribution >= 4 is 17.3 Å². The quantitative estimate of drug-likeness (QED) is 0.616. The second kappa shape index (κ2) is 7.47. The summed E-state index contributed by atoms with van der Waals surface area (Å²) in [6.45, 7) is 6.24. The number of hydrogen-bond donors (Lipinski definition) is 1. The molecule has 0 aromatic heterocycles. The number of amides is 1. The van der Waals surface area contributed by atoms with E-state index in [9.17, 15) is 14.9 Å². The molecule has 116 valence electrons. The number of non-ortho nitro benzene ring substituents is 1. The van der Waals surface area contributed by atoms with Crippen molar-refractivity contribution in [2.45, 2.75) is 26.9 Å². The topological polar surface area (TPSA) is 84.7 Å². The molecule has 0 saturated heterocycles. The van der Waals surface area contributed by atoms with Gasteiger partial charge in [0.2, 0.25) is 5.91 Å². The number of carbonyl (C=O) groups is 1. The minimum absolute atomic E-state index is 0.0760. The lowest BCUT2D eigenvalue weighted by molar-refractivity contribution is -0.384. The number of carbonyl (C=O) groups excluding carboxylic acids is 1. The highest BCUT2D eigenvalue weighted by Gasteiger charge is 2.13. The molecule has 0 saturated carbocycles. The van der Waals surface area contributed by atoms with Gasteiger partial charge in [-0.1, -0.05) is 0 Å². The van der Waals surface area contributed by atoms with Crippen LogP contribution in [0.15, 0.2) is 18.2 Å². The molecular formula is C14H21N3O4. The van der Waals surface area contributed by atoms with E-state index in [4.69, 9.17) is 4.74 Å². The van der Waals surface area contributed by atoms with Gasteiger partial charge in [0.05, 0.1) is 23.6 Å². The molecule has 7 heteroatoms. The van der Waals surface area contributed by atoms with E-state index in [-0.39, 0.29) is 24.2 Å². The molecule has 0 bridgehead atoms. The van der Waals surface area contributed by atoms with Gasteiger partial charge in [0.25, 0.3) is 5.69 Å². The molecule has 0 fully saturated rings. The standard InChI is InChI=1S/C14H21N3O4/c1-5-16(4)14(18)9-15-11-6-12(17(19)20)8-13(7-11)21-10(2)3/h6-8,10,15H,5,9H2,1-4H3. The van der Waals surface area contributed by atoms with Crippen molar-refractivity contribution in [1.29, 1.82) is 0 Å². The maximum absolute atomic E-state index is 11.7. The van der Waals surface area contributed by atoms with Crippen LogP contribution in [0, 0.1) is 10.1 Å². The summed E-state index contributed by atoms with van der Waals surface area (Å²) < 4.78 is 5.48. The van der Waals surface area contributed by atoms with E-state index in [2.05, 4.69) is 5.32 Å². The lowest BCUT2D eigenvalue weighted by Crippen LogP contribution is -2.31. The molecule has 0 aliphatic heterocycles. The predicted molar refractivity (Wildman–Crippen MR) is 80.7 cm³/mol. The van der Waals surface area contributed by atoms with Crippen LogP contribution in [-0.2, 0) is 4.79 Å². The van der Waals surface area contributed by atoms with Gasteiger partial charge < -0.3 is 15.0 Å². The smallest absolute Gasteiger partial charge is 0.275 e. The first-order valence-electron chi connectivity index (χ1n) is 6.77. The highest BCUT2D eigenvalue weighted by Crippen LogP contribution is 2.26. The molecule has 0 spiro atoms. The van der Waals surface area contributed by atoms with Crippen LogP contribution in [0.1, 0.15) is 20.8 Å². The summed E-state index contributed by atoms with van der Waals surface area (Å²) in [5.41, 5.74) is 0.407. The van der Waals surface area contributed by atoms with Crippen molar-refractivity contribution in [2.75, 3.05) is 25.5 Å². The van der Waals surface area contributed by atoms with Gasteiger partial charge in [-0.2, -0.15) is 0 Å². The fourth-order valence-electron chi connectivity index (χ4n) is 1.62. The van der Waals surface area contributed by atoms with Gasteiger partial charge in [0.1, 0.15) is 5.75 Å². The molecule has 1 N–H and O–H groups in total. The van der Waals surface area contributed by atoms with Crippen molar-refractivity contribution in [3.8, 4) is 5.75 Å². The van der Waals surface area contributed by atoms with Crippen LogP contribution in [0.3, 0.4) is 0 Å². The third-order valence-corrected chi connectivity index (χ3v) is 2.82. The number of rotatable bonds is 7. The van der Waals surface area contributed by atoms with Crippen molar-refractivity contribution in [3.63, 3.8) is 0 Å². The van der Waals surface area contributed by atoms with Crippen molar-refractivity contribution < 1.29 is 14.5 Å². The van der Waals surface area contributed by atoms with Gasteiger partial charge in [0, 0.05) is 31.4 Å². The summed E-state index contributed by atoms with van der Waals surface area (Å²) in [6.07, 6.45) is -0.0901. The number of likely N-dealkylation sites (N-methyl/N-ethyl adjacent to an activating group) is 1. The Bertz CT molecular complexity index is 517. The molecule has 1 rings (SSSR count). The molecule has 21 heavy (non-hydrogen) atoms. The summed E-state index contributed by atoms with van der Waals surface area (Å²) in [4.78, 5) is 23.7. The summed E-state index contributed by atoms with van der Waals surface area (Å²) >= 11 is 0. The lowest BCUT2D eigenvalue weighted by atomic mass is 10.2. The Hall–Kier alpha value is -2.31. The highest BCUT2D eigenvalue weighted by molar-refractivity contribution is 5.80. The summed E-state index contributed by atoms with van der Waals surface area (Å²) in [6, 6.07) is 4.39. The number of nitro benzene ring substituents is 1. The number of hydrogen-bond acceptors (Lipinski definition) is 5. The summed E-state index contributed by atoms with van der Waals surface area (Å²) in [5, 5.41) is 13.8. The molecule has 0 radical (unpaired) electrons. The molecule has 1 amide bonds. The van der Waals surface area contributed by atoms with E-state index >= 15 is 0 Å². The zero-order valence-corrected chi connectivity index (χ0v) is 12.8. The van der Waals surface area contributed by atoms with Gasteiger partial charge in [-0.3, -0.25) is 14.9 Å². The van der Waals surface area contributed by atoms with Crippen LogP contribution >= 0.6 is 0 Å². The molecule has 0 aliphatic rings. The predicted octanol–water partition coefficient (Wildman–Crippen LogP) is 2.27. The van der Waals surface area contributed by atoms with Gasteiger partial charge in [-0.15, -0.1) is 0 Å². The van der Waals surface area contributed by atoms with E-state index in [0.29, 0.717) is 18.0 Å². The molecule has 0 atom stereocenters. The number of ether oxygens (including phenoxy) is 1. The molecule has 1 aromatic carbocycles. The first-order chi connectivity index (χ1) is 9.83. The Morgan fingerprint density at radius 3 is 2.62 bits per heavy atom. The molecule has 0 heterocycles. The van der Waals surface area contributed by atoms with E-state index in [1.807, 2.05) is 20.8 Å². The van der Waals surface area contributed by atoms with Crippen LogP contribution in [0.25, 0.3) is 0 Å². The van der Waals surface area contributed by atoms with Crippen molar-refractivity contribution in [3.05, 3.63) is 28.3 Å². The third kappa shape index (κ3) is 5.29. The number of nitrogens with zero attached hydrogens (tertiary/aromatic N) is 2. The molecule has 0 aliphatic carbocycles. The molecule has 7 nitrogen and oxygen atoms in total. The van der Waals surface area contributed by atoms with Crippen molar-refractivity contribution in [1.82, 2.24) is 4.90 Å². The number of benzene rings is 1. The Morgan fingerprint density at radius 1 is 1.43 bits per heavy atom. The van der Waals surface area contributed by atoms with Crippen LogP contribution in [0.4, 0.5) is 11.4 Å². The fourth-order valence-corrected chi connectivity index (χ4v) is 1.62. The van der Waals surface area contributed by atoms with E-state index in [1.165, 1.54) is 12.1 Å². The Balaban J connectivity index is 2.87. The number of anilines is 1. The second-order valence-electron chi connectivity index (χ2n) is 4.90. The summed E-state index contributed by atoms with van der Waals surface area (Å²) in [5.74, 6) is 0.313. The van der Waals surface area contributed by atoms with Crippen molar-refractivity contribution in [2.24, 2.45) is 0 Å². The zero-order valence-electron chi connectivity index (χ0n) is 12.8. The van der Waals surface area contributed by atoms with Gasteiger partial charge in [-0.05, 0) is 20.8 Å². The molecular weight excluding hydrogens is 274 g/mol. The van der Waals surface area contributed by atoms with Crippen LogP contribution in [0.2, 0.25) is 0 Å². The average Bonchev–Trinajstić information content (AvgIpc) is 2.42. The van der Waals surface area contributed by atoms with Crippen LogP contribution in [0.5, 0.6) is 5.75 Å². The number of nitro groups is 1. The van der Waals surface area contributed by atoms with E-state index in [0.717, 1.165) is 0 Å². The maximum atomic E-state index is 11.7. The Morgan fingerprint density at radius 2 is 2.10 bits per heavy atom. The second-order valence-corrected chi connectivity index (χ2v) is 4.90. The fraction of sp³-hybridized carbons (Fsp3) is 0.500. The first-order valence-corrected chi connectivity index (χ1v) is 6.77. The zero-order chi connectivity index (χ0) is 16.0. The largest absolute Gasteiger partial charge is 0.491 e. The van der Waals surface area contributed by atoms with E-state index in [1.54, 1.807) is 18.0 Å². The van der Waals surface area contributed by atoms with Crippen LogP contribution in [-0.4, -0.2) is 42.0 Å².